The number of amides is 1. The summed E-state index contributed by atoms with van der Waals surface area (Å²) in [6, 6.07) is 6.57. The van der Waals surface area contributed by atoms with E-state index in [1.807, 2.05) is 20.8 Å². The lowest BCUT2D eigenvalue weighted by Gasteiger charge is -2.33. The summed E-state index contributed by atoms with van der Waals surface area (Å²) in [5, 5.41) is 0.551. The van der Waals surface area contributed by atoms with Crippen LogP contribution in [0.1, 0.15) is 50.9 Å². The lowest BCUT2D eigenvalue weighted by molar-refractivity contribution is -0.126. The maximum atomic E-state index is 12.7. The standard InChI is InChI=1S/C20H26ClNO4/c1-13(17(23)14-5-7-16(21)8-6-14)18(24)15-9-11-22(12-10-15)19(25)26-20(2,3)4/h5-8,13,15H,9-12H2,1-4H3. The number of halogens is 1. The first-order valence-corrected chi connectivity index (χ1v) is 9.27. The number of likely N-dealkylation sites (tertiary alicyclic amines) is 1. The van der Waals surface area contributed by atoms with E-state index in [1.165, 1.54) is 0 Å². The predicted molar refractivity (Wildman–Crippen MR) is 100 cm³/mol. The molecule has 2 rings (SSSR count). The van der Waals surface area contributed by atoms with Crippen molar-refractivity contribution in [1.82, 2.24) is 4.90 Å². The van der Waals surface area contributed by atoms with Gasteiger partial charge in [0.1, 0.15) is 11.4 Å². The van der Waals surface area contributed by atoms with Gasteiger partial charge in [0, 0.05) is 29.6 Å². The van der Waals surface area contributed by atoms with Crippen LogP contribution in [0.2, 0.25) is 5.02 Å². The lowest BCUT2D eigenvalue weighted by atomic mass is 9.83. The number of ether oxygens (including phenoxy) is 1. The first-order valence-electron chi connectivity index (χ1n) is 8.90. The molecule has 1 saturated heterocycles. The van der Waals surface area contributed by atoms with Crippen molar-refractivity contribution in [1.29, 1.82) is 0 Å². The minimum atomic E-state index is -0.700. The number of carbonyl (C=O) groups is 3. The zero-order valence-electron chi connectivity index (χ0n) is 15.8. The highest BCUT2D eigenvalue weighted by molar-refractivity contribution is 6.30. The van der Waals surface area contributed by atoms with Gasteiger partial charge in [-0.2, -0.15) is 0 Å². The van der Waals surface area contributed by atoms with E-state index in [0.29, 0.717) is 36.5 Å². The van der Waals surface area contributed by atoms with E-state index >= 15 is 0 Å². The van der Waals surface area contributed by atoms with Crippen LogP contribution in [0.3, 0.4) is 0 Å². The molecule has 0 N–H and O–H groups in total. The fraction of sp³-hybridized carbons (Fsp3) is 0.550. The Morgan fingerprint density at radius 2 is 1.65 bits per heavy atom. The quantitative estimate of drug-likeness (QED) is 0.575. The molecule has 1 heterocycles. The number of Topliss-reactive ketones (excluding diaryl/α,β-unsaturated/α-hetero) is 2. The van der Waals surface area contributed by atoms with Crippen molar-refractivity contribution in [2.24, 2.45) is 11.8 Å². The summed E-state index contributed by atoms with van der Waals surface area (Å²) in [7, 11) is 0. The molecule has 1 amide bonds. The highest BCUT2D eigenvalue weighted by Gasteiger charge is 2.34. The van der Waals surface area contributed by atoms with Crippen molar-refractivity contribution in [3.8, 4) is 0 Å². The minimum absolute atomic E-state index is 0.0613. The third-order valence-electron chi connectivity index (χ3n) is 4.50. The molecule has 1 aliphatic rings. The van der Waals surface area contributed by atoms with Crippen LogP contribution in [0.5, 0.6) is 0 Å². The van der Waals surface area contributed by atoms with Crippen molar-refractivity contribution in [2.75, 3.05) is 13.1 Å². The molecule has 1 aromatic rings. The maximum absolute atomic E-state index is 12.7. The average Bonchev–Trinajstić information content (AvgIpc) is 2.59. The second kappa shape index (κ2) is 8.21. The molecule has 0 spiro atoms. The van der Waals surface area contributed by atoms with Gasteiger partial charge >= 0.3 is 6.09 Å². The zero-order chi connectivity index (χ0) is 19.5. The molecule has 6 heteroatoms. The molecule has 1 aliphatic heterocycles. The van der Waals surface area contributed by atoms with E-state index in [1.54, 1.807) is 36.1 Å². The second-order valence-corrected chi connectivity index (χ2v) is 8.17. The molecule has 0 bridgehead atoms. The van der Waals surface area contributed by atoms with Gasteiger partial charge in [0.2, 0.25) is 0 Å². The van der Waals surface area contributed by atoms with Crippen LogP contribution in [0, 0.1) is 11.8 Å². The van der Waals surface area contributed by atoms with Crippen molar-refractivity contribution < 1.29 is 19.1 Å². The number of rotatable bonds is 4. The first kappa shape index (κ1) is 20.4. The zero-order valence-corrected chi connectivity index (χ0v) is 16.5. The van der Waals surface area contributed by atoms with E-state index in [2.05, 4.69) is 0 Å². The molecule has 1 aromatic carbocycles. The van der Waals surface area contributed by atoms with Gasteiger partial charge < -0.3 is 9.64 Å². The Kier molecular flexibility index (Phi) is 6.45. The summed E-state index contributed by atoms with van der Waals surface area (Å²) in [4.78, 5) is 38.9. The number of hydrogen-bond acceptors (Lipinski definition) is 4. The van der Waals surface area contributed by atoms with Crippen LogP contribution in [0.25, 0.3) is 0 Å². The second-order valence-electron chi connectivity index (χ2n) is 7.74. The van der Waals surface area contributed by atoms with Gasteiger partial charge in [-0.25, -0.2) is 4.79 Å². The number of piperidine rings is 1. The molecule has 26 heavy (non-hydrogen) atoms. The number of hydrogen-bond donors (Lipinski definition) is 0. The number of nitrogens with zero attached hydrogens (tertiary/aromatic N) is 1. The maximum Gasteiger partial charge on any atom is 0.410 e. The normalized spacial score (nSPS) is 16.9. The Morgan fingerprint density at radius 1 is 1.12 bits per heavy atom. The molecular formula is C20H26ClNO4. The minimum Gasteiger partial charge on any atom is -0.444 e. The van der Waals surface area contributed by atoms with Crippen LogP contribution >= 0.6 is 11.6 Å². The highest BCUT2D eigenvalue weighted by atomic mass is 35.5. The summed E-state index contributed by atoms with van der Waals surface area (Å²) in [5.41, 5.74) is -0.0510. The predicted octanol–water partition coefficient (Wildman–Crippen LogP) is 4.38. The summed E-state index contributed by atoms with van der Waals surface area (Å²) in [5.74, 6) is -1.16. The van der Waals surface area contributed by atoms with Crippen LogP contribution < -0.4 is 0 Å². The Labute approximate surface area is 159 Å². The van der Waals surface area contributed by atoms with E-state index in [4.69, 9.17) is 16.3 Å². The molecule has 0 radical (unpaired) electrons. The van der Waals surface area contributed by atoms with Crippen LogP contribution in [0.15, 0.2) is 24.3 Å². The molecule has 5 nitrogen and oxygen atoms in total. The third kappa shape index (κ3) is 5.31. The largest absolute Gasteiger partial charge is 0.444 e. The summed E-state index contributed by atoms with van der Waals surface area (Å²) >= 11 is 5.84. The Balaban J connectivity index is 1.92. The fourth-order valence-corrected chi connectivity index (χ4v) is 3.15. The topological polar surface area (TPSA) is 63.7 Å². The van der Waals surface area contributed by atoms with Gasteiger partial charge in [0.05, 0.1) is 5.92 Å². The summed E-state index contributed by atoms with van der Waals surface area (Å²) in [6.07, 6.45) is 0.751. The van der Waals surface area contributed by atoms with E-state index in [0.717, 1.165) is 0 Å². The molecule has 0 saturated carbocycles. The lowest BCUT2D eigenvalue weighted by Crippen LogP contribution is -2.44. The van der Waals surface area contributed by atoms with E-state index in [9.17, 15) is 14.4 Å². The molecule has 1 fully saturated rings. The fourth-order valence-electron chi connectivity index (χ4n) is 3.02. The van der Waals surface area contributed by atoms with E-state index < -0.39 is 11.5 Å². The Hall–Kier alpha value is -1.88. The summed E-state index contributed by atoms with van der Waals surface area (Å²) < 4.78 is 5.36. The van der Waals surface area contributed by atoms with Crippen LogP contribution in [-0.4, -0.2) is 41.3 Å². The molecular weight excluding hydrogens is 354 g/mol. The Morgan fingerprint density at radius 3 is 2.15 bits per heavy atom. The van der Waals surface area contributed by atoms with Crippen molar-refractivity contribution in [2.45, 2.75) is 46.1 Å². The highest BCUT2D eigenvalue weighted by Crippen LogP contribution is 2.25. The number of ketones is 2. The SMILES string of the molecule is CC(C(=O)c1ccc(Cl)cc1)C(=O)C1CCN(C(=O)OC(C)(C)C)CC1. The van der Waals surface area contributed by atoms with E-state index in [-0.39, 0.29) is 23.6 Å². The molecule has 1 unspecified atom stereocenters. The molecule has 142 valence electrons. The van der Waals surface area contributed by atoms with Crippen molar-refractivity contribution in [3.63, 3.8) is 0 Å². The van der Waals surface area contributed by atoms with Gasteiger partial charge in [-0.3, -0.25) is 9.59 Å². The average molecular weight is 380 g/mol. The number of benzene rings is 1. The van der Waals surface area contributed by atoms with Gasteiger partial charge in [0.15, 0.2) is 5.78 Å². The van der Waals surface area contributed by atoms with Crippen LogP contribution in [-0.2, 0) is 9.53 Å². The van der Waals surface area contributed by atoms with Gasteiger partial charge in [-0.15, -0.1) is 0 Å². The van der Waals surface area contributed by atoms with Gasteiger partial charge in [-0.1, -0.05) is 11.6 Å². The monoisotopic (exact) mass is 379 g/mol. The molecule has 1 atom stereocenters. The number of carbonyl (C=O) groups excluding carboxylic acids is 3. The Bertz CT molecular complexity index is 670. The summed E-state index contributed by atoms with van der Waals surface area (Å²) in [6.45, 7) is 8.06. The van der Waals surface area contributed by atoms with Gasteiger partial charge in [0.25, 0.3) is 0 Å². The molecule has 0 aromatic heterocycles. The van der Waals surface area contributed by atoms with Crippen molar-refractivity contribution >= 4 is 29.3 Å². The molecule has 0 aliphatic carbocycles. The van der Waals surface area contributed by atoms with Crippen molar-refractivity contribution in [3.05, 3.63) is 34.9 Å². The van der Waals surface area contributed by atoms with Crippen LogP contribution in [0.4, 0.5) is 4.79 Å². The van der Waals surface area contributed by atoms with Gasteiger partial charge in [-0.05, 0) is 64.8 Å². The third-order valence-corrected chi connectivity index (χ3v) is 4.75. The smallest absolute Gasteiger partial charge is 0.410 e. The first-order chi connectivity index (χ1) is 12.1.